The van der Waals surface area contributed by atoms with E-state index in [9.17, 15) is 4.39 Å². The van der Waals surface area contributed by atoms with E-state index in [0.29, 0.717) is 12.0 Å². The predicted molar refractivity (Wildman–Crippen MR) is 77.6 cm³/mol. The van der Waals surface area contributed by atoms with Crippen molar-refractivity contribution in [2.45, 2.75) is 38.8 Å². The third-order valence-electron chi connectivity index (χ3n) is 4.43. The van der Waals surface area contributed by atoms with Crippen molar-refractivity contribution in [2.75, 3.05) is 20.1 Å². The van der Waals surface area contributed by atoms with Crippen molar-refractivity contribution in [3.05, 3.63) is 35.6 Å². The minimum atomic E-state index is -0.105. The molecule has 106 valence electrons. The van der Waals surface area contributed by atoms with E-state index in [4.69, 9.17) is 0 Å². The lowest BCUT2D eigenvalue weighted by atomic mass is 9.92. The van der Waals surface area contributed by atoms with Gasteiger partial charge in [0, 0.05) is 24.2 Å². The molecule has 1 aromatic carbocycles. The van der Waals surface area contributed by atoms with Crippen LogP contribution in [-0.4, -0.2) is 31.1 Å². The molecule has 1 aromatic rings. The van der Waals surface area contributed by atoms with E-state index in [1.54, 1.807) is 12.1 Å². The van der Waals surface area contributed by atoms with Gasteiger partial charge in [-0.1, -0.05) is 25.1 Å². The highest BCUT2D eigenvalue weighted by atomic mass is 19.1. The largest absolute Gasteiger partial charge is 0.312 e. The number of rotatable bonds is 4. The lowest BCUT2D eigenvalue weighted by Gasteiger charge is -2.35. The molecule has 0 spiro atoms. The zero-order chi connectivity index (χ0) is 13.8. The molecule has 0 radical (unpaired) electrons. The molecule has 3 unspecified atom stereocenters. The van der Waals surface area contributed by atoms with Gasteiger partial charge >= 0.3 is 0 Å². The number of nitrogens with one attached hydrogen (secondary N) is 1. The summed E-state index contributed by atoms with van der Waals surface area (Å²) in [7, 11) is 2.08. The standard InChI is InChI=1S/C16H25FN2/c1-12-7-6-10-18-16(12)11-19(3)13(2)14-8-4-5-9-15(14)17/h4-5,8-9,12-13,16,18H,6-7,10-11H2,1-3H3. The van der Waals surface area contributed by atoms with Crippen molar-refractivity contribution in [1.29, 1.82) is 0 Å². The Morgan fingerprint density at radius 2 is 2.16 bits per heavy atom. The summed E-state index contributed by atoms with van der Waals surface area (Å²) in [6, 6.07) is 7.71. The first-order chi connectivity index (χ1) is 9.09. The second-order valence-corrected chi connectivity index (χ2v) is 5.82. The molecule has 0 aliphatic carbocycles. The van der Waals surface area contributed by atoms with E-state index in [2.05, 4.69) is 31.1 Å². The van der Waals surface area contributed by atoms with Crippen molar-refractivity contribution >= 4 is 0 Å². The van der Waals surface area contributed by atoms with Gasteiger partial charge in [-0.05, 0) is 45.3 Å². The van der Waals surface area contributed by atoms with E-state index < -0.39 is 0 Å². The van der Waals surface area contributed by atoms with Crippen LogP contribution in [0.15, 0.2) is 24.3 Å². The molecule has 0 aromatic heterocycles. The smallest absolute Gasteiger partial charge is 0.127 e. The summed E-state index contributed by atoms with van der Waals surface area (Å²) in [5.41, 5.74) is 0.786. The van der Waals surface area contributed by atoms with Crippen molar-refractivity contribution in [3.63, 3.8) is 0 Å². The van der Waals surface area contributed by atoms with Crippen LogP contribution < -0.4 is 5.32 Å². The summed E-state index contributed by atoms with van der Waals surface area (Å²) in [5, 5.41) is 3.59. The highest BCUT2D eigenvalue weighted by molar-refractivity contribution is 5.20. The second kappa shape index (κ2) is 6.49. The molecule has 1 fully saturated rings. The van der Waals surface area contributed by atoms with Gasteiger partial charge in [-0.15, -0.1) is 0 Å². The molecule has 1 N–H and O–H groups in total. The van der Waals surface area contributed by atoms with Gasteiger partial charge in [0.2, 0.25) is 0 Å². The van der Waals surface area contributed by atoms with Crippen molar-refractivity contribution in [1.82, 2.24) is 10.2 Å². The number of hydrogen-bond donors (Lipinski definition) is 1. The minimum absolute atomic E-state index is 0.105. The van der Waals surface area contributed by atoms with Crippen molar-refractivity contribution in [2.24, 2.45) is 5.92 Å². The van der Waals surface area contributed by atoms with Crippen molar-refractivity contribution in [3.8, 4) is 0 Å². The van der Waals surface area contributed by atoms with Gasteiger partial charge in [0.1, 0.15) is 5.82 Å². The number of nitrogens with zero attached hydrogens (tertiary/aromatic N) is 1. The molecular formula is C16H25FN2. The van der Waals surface area contributed by atoms with Gasteiger partial charge in [0.05, 0.1) is 0 Å². The number of piperidine rings is 1. The summed E-state index contributed by atoms with van der Waals surface area (Å²) in [5.74, 6) is 0.593. The molecule has 1 heterocycles. The van der Waals surface area contributed by atoms with Crippen LogP contribution in [0.4, 0.5) is 4.39 Å². The number of hydrogen-bond acceptors (Lipinski definition) is 2. The molecule has 3 heteroatoms. The quantitative estimate of drug-likeness (QED) is 0.898. The summed E-state index contributed by atoms with van der Waals surface area (Å²) in [6.07, 6.45) is 2.56. The Kier molecular flexibility index (Phi) is 4.94. The zero-order valence-electron chi connectivity index (χ0n) is 12.2. The molecule has 1 aliphatic rings. The Hall–Kier alpha value is -0.930. The zero-order valence-corrected chi connectivity index (χ0v) is 12.2. The number of benzene rings is 1. The summed E-state index contributed by atoms with van der Waals surface area (Å²) in [6.45, 7) is 6.46. The van der Waals surface area contributed by atoms with E-state index in [1.807, 2.05) is 12.1 Å². The molecule has 1 saturated heterocycles. The second-order valence-electron chi connectivity index (χ2n) is 5.82. The highest BCUT2D eigenvalue weighted by Gasteiger charge is 2.24. The maximum absolute atomic E-state index is 13.8. The Bertz CT molecular complexity index is 407. The lowest BCUT2D eigenvalue weighted by molar-refractivity contribution is 0.181. The Balaban J connectivity index is 1.99. The fraction of sp³-hybridized carbons (Fsp3) is 0.625. The normalized spacial score (nSPS) is 25.5. The molecule has 19 heavy (non-hydrogen) atoms. The molecule has 2 nitrogen and oxygen atoms in total. The lowest BCUT2D eigenvalue weighted by Crippen LogP contribution is -2.47. The fourth-order valence-corrected chi connectivity index (χ4v) is 2.88. The average molecular weight is 264 g/mol. The van der Waals surface area contributed by atoms with E-state index in [1.165, 1.54) is 12.8 Å². The van der Waals surface area contributed by atoms with Crippen LogP contribution in [0.5, 0.6) is 0 Å². The van der Waals surface area contributed by atoms with Gasteiger partial charge in [0.15, 0.2) is 0 Å². The van der Waals surface area contributed by atoms with E-state index >= 15 is 0 Å². The van der Waals surface area contributed by atoms with Crippen LogP contribution in [0.1, 0.15) is 38.3 Å². The average Bonchev–Trinajstić information content (AvgIpc) is 2.41. The summed E-state index contributed by atoms with van der Waals surface area (Å²) in [4.78, 5) is 2.25. The monoisotopic (exact) mass is 264 g/mol. The van der Waals surface area contributed by atoms with Gasteiger partial charge < -0.3 is 5.32 Å². The molecule has 0 amide bonds. The third kappa shape index (κ3) is 3.54. The Morgan fingerprint density at radius 3 is 2.84 bits per heavy atom. The molecule has 3 atom stereocenters. The van der Waals surface area contributed by atoms with Gasteiger partial charge in [-0.25, -0.2) is 4.39 Å². The van der Waals surface area contributed by atoms with Crippen LogP contribution in [0.25, 0.3) is 0 Å². The maximum atomic E-state index is 13.8. The van der Waals surface area contributed by atoms with Gasteiger partial charge in [-0.3, -0.25) is 4.90 Å². The molecule has 0 bridgehead atoms. The van der Waals surface area contributed by atoms with Crippen LogP contribution in [0.3, 0.4) is 0 Å². The van der Waals surface area contributed by atoms with E-state index in [-0.39, 0.29) is 11.9 Å². The Morgan fingerprint density at radius 1 is 1.42 bits per heavy atom. The summed E-state index contributed by atoms with van der Waals surface area (Å²) >= 11 is 0. The topological polar surface area (TPSA) is 15.3 Å². The molecular weight excluding hydrogens is 239 g/mol. The first-order valence-electron chi connectivity index (χ1n) is 7.27. The SMILES string of the molecule is CC1CCCNC1CN(C)C(C)c1ccccc1F. The predicted octanol–water partition coefficient (Wildman–Crippen LogP) is 3.21. The molecule has 0 saturated carbocycles. The van der Waals surface area contributed by atoms with E-state index in [0.717, 1.165) is 18.7 Å². The molecule has 1 aliphatic heterocycles. The van der Waals surface area contributed by atoms with Gasteiger partial charge in [0.25, 0.3) is 0 Å². The maximum Gasteiger partial charge on any atom is 0.127 e. The van der Waals surface area contributed by atoms with Crippen molar-refractivity contribution < 1.29 is 4.39 Å². The number of likely N-dealkylation sites (N-methyl/N-ethyl adjacent to an activating group) is 1. The highest BCUT2D eigenvalue weighted by Crippen LogP contribution is 2.24. The van der Waals surface area contributed by atoms with Crippen LogP contribution >= 0.6 is 0 Å². The van der Waals surface area contributed by atoms with Crippen LogP contribution in [0, 0.1) is 11.7 Å². The first-order valence-corrected chi connectivity index (χ1v) is 7.27. The van der Waals surface area contributed by atoms with Crippen LogP contribution in [-0.2, 0) is 0 Å². The van der Waals surface area contributed by atoms with Crippen LogP contribution in [0.2, 0.25) is 0 Å². The number of halogens is 1. The fourth-order valence-electron chi connectivity index (χ4n) is 2.88. The first kappa shape index (κ1) is 14.5. The minimum Gasteiger partial charge on any atom is -0.312 e. The Labute approximate surface area is 116 Å². The molecule has 2 rings (SSSR count). The summed E-state index contributed by atoms with van der Waals surface area (Å²) < 4.78 is 13.8. The van der Waals surface area contributed by atoms with Gasteiger partial charge in [-0.2, -0.15) is 0 Å². The third-order valence-corrected chi connectivity index (χ3v) is 4.43.